The number of hydrogen-bond donors (Lipinski definition) is 0. The Morgan fingerprint density at radius 3 is 2.52 bits per heavy atom. The molecule has 0 amide bonds. The van der Waals surface area contributed by atoms with Crippen molar-refractivity contribution in [2.75, 3.05) is 6.26 Å². The molecule has 0 unspecified atom stereocenters. The average Bonchev–Trinajstić information content (AvgIpc) is 2.86. The minimum absolute atomic E-state index is 0.0170. The summed E-state index contributed by atoms with van der Waals surface area (Å²) < 4.78 is 28.6. The van der Waals surface area contributed by atoms with Crippen molar-refractivity contribution in [3.8, 4) is 0 Å². The molecule has 0 saturated heterocycles. The number of halogens is 1. The maximum atomic E-state index is 12.6. The van der Waals surface area contributed by atoms with E-state index in [2.05, 4.69) is 5.16 Å². The first kappa shape index (κ1) is 15.7. The van der Waals surface area contributed by atoms with Crippen molar-refractivity contribution in [3.63, 3.8) is 0 Å². The molecular formula is C14H14ClNO4S. The Morgan fingerprint density at radius 2 is 1.95 bits per heavy atom. The van der Waals surface area contributed by atoms with Crippen LogP contribution in [0.2, 0.25) is 5.02 Å². The normalized spacial score (nSPS) is 11.9. The van der Waals surface area contributed by atoms with E-state index in [-0.39, 0.29) is 27.0 Å². The minimum Gasteiger partial charge on any atom is -0.364 e. The van der Waals surface area contributed by atoms with Crippen LogP contribution in [0.3, 0.4) is 0 Å². The average molecular weight is 328 g/mol. The van der Waals surface area contributed by atoms with Gasteiger partial charge in [0.2, 0.25) is 0 Å². The number of hydrogen-bond acceptors (Lipinski definition) is 5. The van der Waals surface area contributed by atoms with Gasteiger partial charge in [0, 0.05) is 16.8 Å². The topological polar surface area (TPSA) is 77.2 Å². The van der Waals surface area contributed by atoms with E-state index < -0.39 is 15.6 Å². The quantitative estimate of drug-likeness (QED) is 0.806. The third kappa shape index (κ3) is 3.16. The van der Waals surface area contributed by atoms with Gasteiger partial charge in [-0.05, 0) is 24.1 Å². The van der Waals surface area contributed by atoms with Crippen LogP contribution < -0.4 is 0 Å². The lowest BCUT2D eigenvalue weighted by molar-refractivity contribution is 0.103. The standard InChI is InChI=1S/C14H14ClNO4S/c1-8(2)13-11(7-20-16-13)14(17)10-5-4-9(15)6-12(10)21(3,18)19/h4-8H,1-3H3. The van der Waals surface area contributed by atoms with Crippen LogP contribution in [0.4, 0.5) is 0 Å². The van der Waals surface area contributed by atoms with Crippen LogP contribution in [0.15, 0.2) is 33.9 Å². The van der Waals surface area contributed by atoms with E-state index in [0.717, 1.165) is 6.26 Å². The first-order chi connectivity index (χ1) is 9.71. The maximum absolute atomic E-state index is 12.6. The largest absolute Gasteiger partial charge is 0.364 e. The van der Waals surface area contributed by atoms with Crippen LogP contribution in [-0.2, 0) is 9.84 Å². The summed E-state index contributed by atoms with van der Waals surface area (Å²) in [7, 11) is -3.58. The van der Waals surface area contributed by atoms with Gasteiger partial charge in [-0.3, -0.25) is 4.79 Å². The van der Waals surface area contributed by atoms with Gasteiger partial charge in [0.15, 0.2) is 15.6 Å². The monoisotopic (exact) mass is 327 g/mol. The van der Waals surface area contributed by atoms with Crippen molar-refractivity contribution in [2.45, 2.75) is 24.7 Å². The molecule has 1 aromatic carbocycles. The molecule has 0 atom stereocenters. The molecule has 0 aliphatic heterocycles. The number of nitrogens with zero attached hydrogens (tertiary/aromatic N) is 1. The molecule has 1 heterocycles. The van der Waals surface area contributed by atoms with Gasteiger partial charge in [0.25, 0.3) is 0 Å². The van der Waals surface area contributed by atoms with Crippen LogP contribution in [0.1, 0.15) is 41.4 Å². The highest BCUT2D eigenvalue weighted by molar-refractivity contribution is 7.90. The summed E-state index contributed by atoms with van der Waals surface area (Å²) in [6, 6.07) is 4.15. The Balaban J connectivity index is 2.62. The summed E-state index contributed by atoms with van der Waals surface area (Å²) in [6.45, 7) is 3.74. The van der Waals surface area contributed by atoms with Crippen molar-refractivity contribution in [2.24, 2.45) is 0 Å². The van der Waals surface area contributed by atoms with Crippen molar-refractivity contribution in [1.29, 1.82) is 0 Å². The minimum atomic E-state index is -3.58. The summed E-state index contributed by atoms with van der Waals surface area (Å²) in [5.74, 6) is -0.464. The smallest absolute Gasteiger partial charge is 0.199 e. The van der Waals surface area contributed by atoms with Crippen LogP contribution in [0, 0.1) is 0 Å². The van der Waals surface area contributed by atoms with Gasteiger partial charge < -0.3 is 4.52 Å². The zero-order chi connectivity index (χ0) is 15.8. The molecule has 0 radical (unpaired) electrons. The van der Waals surface area contributed by atoms with E-state index >= 15 is 0 Å². The third-order valence-electron chi connectivity index (χ3n) is 2.98. The van der Waals surface area contributed by atoms with Crippen molar-refractivity contribution < 1.29 is 17.7 Å². The summed E-state index contributed by atoms with van der Waals surface area (Å²) in [4.78, 5) is 12.5. The van der Waals surface area contributed by atoms with Gasteiger partial charge in [-0.15, -0.1) is 0 Å². The molecule has 112 valence electrons. The number of carbonyl (C=O) groups is 1. The van der Waals surface area contributed by atoms with E-state index in [9.17, 15) is 13.2 Å². The van der Waals surface area contributed by atoms with Gasteiger partial charge in [-0.1, -0.05) is 30.6 Å². The fraction of sp³-hybridized carbons (Fsp3) is 0.286. The predicted molar refractivity (Wildman–Crippen MR) is 78.6 cm³/mol. The summed E-state index contributed by atoms with van der Waals surface area (Å²) >= 11 is 5.83. The Bertz CT molecular complexity index is 793. The lowest BCUT2D eigenvalue weighted by Gasteiger charge is -2.08. The van der Waals surface area contributed by atoms with Crippen molar-refractivity contribution >= 4 is 27.2 Å². The zero-order valence-electron chi connectivity index (χ0n) is 11.8. The summed E-state index contributed by atoms with van der Waals surface area (Å²) in [5, 5.41) is 4.05. The van der Waals surface area contributed by atoms with Crippen LogP contribution >= 0.6 is 11.6 Å². The van der Waals surface area contributed by atoms with Gasteiger partial charge in [-0.2, -0.15) is 0 Å². The Hall–Kier alpha value is -1.66. The maximum Gasteiger partial charge on any atom is 0.199 e. The molecule has 0 bridgehead atoms. The molecule has 0 fully saturated rings. The first-order valence-electron chi connectivity index (χ1n) is 6.20. The molecule has 7 heteroatoms. The number of sulfone groups is 1. The highest BCUT2D eigenvalue weighted by atomic mass is 35.5. The van der Waals surface area contributed by atoms with Crippen LogP contribution in [-0.4, -0.2) is 25.6 Å². The first-order valence-corrected chi connectivity index (χ1v) is 8.47. The second-order valence-corrected chi connectivity index (χ2v) is 7.43. The molecule has 0 saturated carbocycles. The Labute approximate surface area is 127 Å². The lowest BCUT2D eigenvalue weighted by Crippen LogP contribution is -2.11. The molecule has 5 nitrogen and oxygen atoms in total. The molecule has 0 N–H and O–H groups in total. The lowest BCUT2D eigenvalue weighted by atomic mass is 9.99. The number of benzene rings is 1. The highest BCUT2D eigenvalue weighted by Gasteiger charge is 2.25. The second kappa shape index (κ2) is 5.61. The summed E-state index contributed by atoms with van der Waals surface area (Å²) in [6.07, 6.45) is 2.27. The van der Waals surface area contributed by atoms with Crippen molar-refractivity contribution in [3.05, 3.63) is 46.3 Å². The number of rotatable bonds is 4. The molecule has 0 spiro atoms. The molecule has 0 aliphatic rings. The van der Waals surface area contributed by atoms with Crippen LogP contribution in [0.25, 0.3) is 0 Å². The van der Waals surface area contributed by atoms with Gasteiger partial charge in [-0.25, -0.2) is 8.42 Å². The van der Waals surface area contributed by atoms with E-state index in [4.69, 9.17) is 16.1 Å². The highest BCUT2D eigenvalue weighted by Crippen LogP contribution is 2.26. The van der Waals surface area contributed by atoms with E-state index in [1.807, 2.05) is 13.8 Å². The van der Waals surface area contributed by atoms with E-state index in [0.29, 0.717) is 5.69 Å². The van der Waals surface area contributed by atoms with Gasteiger partial charge >= 0.3 is 0 Å². The molecule has 2 rings (SSSR count). The number of carbonyl (C=O) groups excluding carboxylic acids is 1. The molecule has 2 aromatic rings. The molecular weight excluding hydrogens is 314 g/mol. The number of ketones is 1. The summed E-state index contributed by atoms with van der Waals surface area (Å²) in [5.41, 5.74) is 0.818. The fourth-order valence-electron chi connectivity index (χ4n) is 1.97. The Kier molecular flexibility index (Phi) is 4.20. The SMILES string of the molecule is CC(C)c1nocc1C(=O)c1ccc(Cl)cc1S(C)(=O)=O. The Morgan fingerprint density at radius 1 is 1.29 bits per heavy atom. The van der Waals surface area contributed by atoms with Gasteiger partial charge in [0.05, 0.1) is 16.2 Å². The van der Waals surface area contributed by atoms with Crippen molar-refractivity contribution in [1.82, 2.24) is 5.16 Å². The van der Waals surface area contributed by atoms with E-state index in [1.165, 1.54) is 24.5 Å². The fourth-order valence-corrected chi connectivity index (χ4v) is 3.11. The van der Waals surface area contributed by atoms with Crippen LogP contribution in [0.5, 0.6) is 0 Å². The van der Waals surface area contributed by atoms with E-state index in [1.54, 1.807) is 0 Å². The third-order valence-corrected chi connectivity index (χ3v) is 4.35. The second-order valence-electron chi connectivity index (χ2n) is 5.01. The molecule has 1 aromatic heterocycles. The predicted octanol–water partition coefficient (Wildman–Crippen LogP) is 3.09. The number of aromatic nitrogens is 1. The van der Waals surface area contributed by atoms with Gasteiger partial charge in [0.1, 0.15) is 6.26 Å². The zero-order valence-corrected chi connectivity index (χ0v) is 13.3. The molecule has 21 heavy (non-hydrogen) atoms. The molecule has 0 aliphatic carbocycles.